The van der Waals surface area contributed by atoms with Crippen LogP contribution in [0, 0.1) is 5.82 Å². The number of rotatable bonds is 2. The molecule has 1 amide bonds. The first-order valence-electron chi connectivity index (χ1n) is 4.80. The minimum Gasteiger partial charge on any atom is -0.289 e. The maximum atomic E-state index is 13.5. The number of nitrogens with two attached hydrogens (primary N) is 1. The van der Waals surface area contributed by atoms with Crippen molar-refractivity contribution in [2.45, 2.75) is 0 Å². The average molecular weight is 232 g/mol. The van der Waals surface area contributed by atoms with Gasteiger partial charge in [-0.3, -0.25) is 15.2 Å². The molecule has 0 unspecified atom stereocenters. The van der Waals surface area contributed by atoms with Crippen LogP contribution in [0.4, 0.5) is 4.39 Å². The second kappa shape index (κ2) is 4.67. The second-order valence-corrected chi connectivity index (χ2v) is 3.24. The molecule has 0 bridgehead atoms. The van der Waals surface area contributed by atoms with E-state index < -0.39 is 11.7 Å². The van der Waals surface area contributed by atoms with E-state index in [-0.39, 0.29) is 17.0 Å². The topological polar surface area (TPSA) is 80.9 Å². The SMILES string of the molecule is NNC(=O)c1cncc(-c2ccccc2F)n1. The van der Waals surface area contributed by atoms with Gasteiger partial charge < -0.3 is 0 Å². The van der Waals surface area contributed by atoms with Gasteiger partial charge in [0.15, 0.2) is 0 Å². The molecule has 1 aromatic carbocycles. The van der Waals surface area contributed by atoms with Crippen LogP contribution in [0.5, 0.6) is 0 Å². The van der Waals surface area contributed by atoms with Crippen LogP contribution in [-0.4, -0.2) is 15.9 Å². The number of hydrogen-bond acceptors (Lipinski definition) is 4. The average Bonchev–Trinajstić information content (AvgIpc) is 2.38. The summed E-state index contributed by atoms with van der Waals surface area (Å²) in [6.07, 6.45) is 2.64. The Labute approximate surface area is 96.5 Å². The number of hydrazine groups is 1. The highest BCUT2D eigenvalue weighted by atomic mass is 19.1. The van der Waals surface area contributed by atoms with E-state index in [2.05, 4.69) is 9.97 Å². The number of carbonyl (C=O) groups excluding carboxylic acids is 1. The van der Waals surface area contributed by atoms with Gasteiger partial charge in [-0.1, -0.05) is 12.1 Å². The van der Waals surface area contributed by atoms with Crippen LogP contribution in [0.15, 0.2) is 36.7 Å². The highest BCUT2D eigenvalue weighted by Crippen LogP contribution is 2.19. The zero-order valence-electron chi connectivity index (χ0n) is 8.72. The molecule has 1 aromatic heterocycles. The van der Waals surface area contributed by atoms with Gasteiger partial charge in [-0.05, 0) is 12.1 Å². The van der Waals surface area contributed by atoms with Gasteiger partial charge in [0.25, 0.3) is 5.91 Å². The predicted molar refractivity (Wildman–Crippen MR) is 59.1 cm³/mol. The van der Waals surface area contributed by atoms with E-state index in [9.17, 15) is 9.18 Å². The van der Waals surface area contributed by atoms with Gasteiger partial charge >= 0.3 is 0 Å². The van der Waals surface area contributed by atoms with Crippen LogP contribution in [0.25, 0.3) is 11.3 Å². The van der Waals surface area contributed by atoms with Crippen molar-refractivity contribution < 1.29 is 9.18 Å². The minimum atomic E-state index is -0.573. The molecule has 1 heterocycles. The Morgan fingerprint density at radius 3 is 2.76 bits per heavy atom. The maximum absolute atomic E-state index is 13.5. The summed E-state index contributed by atoms with van der Waals surface area (Å²) >= 11 is 0. The normalized spacial score (nSPS) is 10.0. The summed E-state index contributed by atoms with van der Waals surface area (Å²) in [5.41, 5.74) is 2.54. The summed E-state index contributed by atoms with van der Waals surface area (Å²) in [6, 6.07) is 6.12. The first-order chi connectivity index (χ1) is 8.22. The minimum absolute atomic E-state index is 0.0354. The molecule has 0 saturated carbocycles. The van der Waals surface area contributed by atoms with Crippen LogP contribution in [0.3, 0.4) is 0 Å². The Kier molecular flexibility index (Phi) is 3.06. The standard InChI is InChI=1S/C11H9FN4O/c12-8-4-2-1-3-7(8)9-5-14-6-10(15-9)11(17)16-13/h1-6H,13H2,(H,16,17). The van der Waals surface area contributed by atoms with Gasteiger partial charge in [0.05, 0.1) is 18.1 Å². The number of nitrogen functional groups attached to an aromatic ring is 1. The number of aromatic nitrogens is 2. The molecule has 6 heteroatoms. The van der Waals surface area contributed by atoms with E-state index in [1.807, 2.05) is 5.43 Å². The zero-order valence-corrected chi connectivity index (χ0v) is 8.72. The molecule has 0 radical (unpaired) electrons. The predicted octanol–water partition coefficient (Wildman–Crippen LogP) is 0.886. The fourth-order valence-electron chi connectivity index (χ4n) is 1.35. The Morgan fingerprint density at radius 1 is 1.29 bits per heavy atom. The lowest BCUT2D eigenvalue weighted by molar-refractivity contribution is 0.0948. The molecule has 0 atom stereocenters. The monoisotopic (exact) mass is 232 g/mol. The van der Waals surface area contributed by atoms with Crippen molar-refractivity contribution in [3.05, 3.63) is 48.2 Å². The Bertz CT molecular complexity index is 559. The molecule has 0 spiro atoms. The highest BCUT2D eigenvalue weighted by Gasteiger charge is 2.10. The van der Waals surface area contributed by atoms with Crippen molar-refractivity contribution in [2.75, 3.05) is 0 Å². The van der Waals surface area contributed by atoms with Crippen LogP contribution in [0.1, 0.15) is 10.5 Å². The molecule has 0 aliphatic carbocycles. The number of benzene rings is 1. The molecule has 0 aliphatic heterocycles. The van der Waals surface area contributed by atoms with Crippen LogP contribution in [-0.2, 0) is 0 Å². The van der Waals surface area contributed by atoms with Gasteiger partial charge in [-0.15, -0.1) is 0 Å². The molecule has 0 aliphatic rings. The van der Waals surface area contributed by atoms with Crippen LogP contribution in [0.2, 0.25) is 0 Å². The van der Waals surface area contributed by atoms with Crippen molar-refractivity contribution in [3.63, 3.8) is 0 Å². The van der Waals surface area contributed by atoms with Gasteiger partial charge in [0.2, 0.25) is 0 Å². The van der Waals surface area contributed by atoms with Crippen molar-refractivity contribution in [2.24, 2.45) is 5.84 Å². The summed E-state index contributed by atoms with van der Waals surface area (Å²) in [4.78, 5) is 19.1. The fourth-order valence-corrected chi connectivity index (χ4v) is 1.35. The second-order valence-electron chi connectivity index (χ2n) is 3.24. The van der Waals surface area contributed by atoms with E-state index in [1.165, 1.54) is 18.5 Å². The lowest BCUT2D eigenvalue weighted by Gasteiger charge is -2.03. The lowest BCUT2D eigenvalue weighted by atomic mass is 10.1. The fraction of sp³-hybridized carbons (Fsp3) is 0. The van der Waals surface area contributed by atoms with E-state index >= 15 is 0 Å². The maximum Gasteiger partial charge on any atom is 0.285 e. The number of carbonyl (C=O) groups is 1. The van der Waals surface area contributed by atoms with Crippen molar-refractivity contribution in [3.8, 4) is 11.3 Å². The molecule has 86 valence electrons. The van der Waals surface area contributed by atoms with Gasteiger partial charge in [-0.2, -0.15) is 0 Å². The Hall–Kier alpha value is -2.34. The smallest absolute Gasteiger partial charge is 0.285 e. The third-order valence-corrected chi connectivity index (χ3v) is 2.15. The summed E-state index contributed by atoms with van der Waals surface area (Å²) < 4.78 is 13.5. The number of halogens is 1. The van der Waals surface area contributed by atoms with E-state index in [4.69, 9.17) is 5.84 Å². The highest BCUT2D eigenvalue weighted by molar-refractivity contribution is 5.91. The summed E-state index contributed by atoms with van der Waals surface area (Å²) in [5.74, 6) is 3.98. The third-order valence-electron chi connectivity index (χ3n) is 2.15. The quantitative estimate of drug-likeness (QED) is 0.457. The molecule has 5 nitrogen and oxygen atoms in total. The van der Waals surface area contributed by atoms with Gasteiger partial charge in [-0.25, -0.2) is 15.2 Å². The number of nitrogens with one attached hydrogen (secondary N) is 1. The Morgan fingerprint density at radius 2 is 2.06 bits per heavy atom. The lowest BCUT2D eigenvalue weighted by Crippen LogP contribution is -2.30. The van der Waals surface area contributed by atoms with E-state index in [1.54, 1.807) is 18.2 Å². The first-order valence-corrected chi connectivity index (χ1v) is 4.80. The van der Waals surface area contributed by atoms with E-state index in [0.29, 0.717) is 0 Å². The van der Waals surface area contributed by atoms with Gasteiger partial charge in [0.1, 0.15) is 11.5 Å². The number of amides is 1. The molecule has 3 N–H and O–H groups in total. The summed E-state index contributed by atoms with van der Waals surface area (Å²) in [7, 11) is 0. The Balaban J connectivity index is 2.47. The van der Waals surface area contributed by atoms with Crippen LogP contribution < -0.4 is 11.3 Å². The van der Waals surface area contributed by atoms with Gasteiger partial charge in [0, 0.05) is 5.56 Å². The molecular weight excluding hydrogens is 223 g/mol. The number of nitrogens with zero attached hydrogens (tertiary/aromatic N) is 2. The van der Waals surface area contributed by atoms with Crippen molar-refractivity contribution in [1.29, 1.82) is 0 Å². The molecular formula is C11H9FN4O. The molecule has 2 rings (SSSR count). The van der Waals surface area contributed by atoms with Crippen molar-refractivity contribution >= 4 is 5.91 Å². The summed E-state index contributed by atoms with van der Waals surface area (Å²) in [6.45, 7) is 0. The molecule has 2 aromatic rings. The summed E-state index contributed by atoms with van der Waals surface area (Å²) in [5, 5.41) is 0. The largest absolute Gasteiger partial charge is 0.289 e. The third kappa shape index (κ3) is 2.26. The van der Waals surface area contributed by atoms with Crippen LogP contribution >= 0.6 is 0 Å². The first kappa shape index (κ1) is 11.2. The molecule has 0 fully saturated rings. The molecule has 17 heavy (non-hydrogen) atoms. The molecule has 0 saturated heterocycles. The van der Waals surface area contributed by atoms with E-state index in [0.717, 1.165) is 0 Å². The zero-order chi connectivity index (χ0) is 12.3. The van der Waals surface area contributed by atoms with Crippen molar-refractivity contribution in [1.82, 2.24) is 15.4 Å². The number of hydrogen-bond donors (Lipinski definition) is 2.